The zero-order valence-electron chi connectivity index (χ0n) is 14.1. The van der Waals surface area contributed by atoms with Gasteiger partial charge in [0.25, 0.3) is 5.91 Å². The molecule has 126 valence electrons. The normalized spacial score (nSPS) is 14.9. The van der Waals surface area contributed by atoms with Gasteiger partial charge in [0.1, 0.15) is 5.75 Å². The number of rotatable bonds is 7. The molecule has 0 aromatic heterocycles. The predicted octanol–water partition coefficient (Wildman–Crippen LogP) is 3.72. The van der Waals surface area contributed by atoms with Crippen molar-refractivity contribution in [3.05, 3.63) is 65.2 Å². The molecular formula is C20H23NO3. The largest absolute Gasteiger partial charge is 0.497 e. The molecule has 0 heterocycles. The minimum Gasteiger partial charge on any atom is -0.497 e. The van der Waals surface area contributed by atoms with E-state index in [-0.39, 0.29) is 11.9 Å². The maximum absolute atomic E-state index is 12.7. The fraction of sp³-hybridized carbons (Fsp3) is 0.350. The average molecular weight is 325 g/mol. The van der Waals surface area contributed by atoms with Crippen LogP contribution >= 0.6 is 0 Å². The molecule has 1 atom stereocenters. The molecule has 4 nitrogen and oxygen atoms in total. The molecule has 2 aromatic rings. The first kappa shape index (κ1) is 16.5. The van der Waals surface area contributed by atoms with Crippen LogP contribution in [-0.2, 0) is 11.3 Å². The summed E-state index contributed by atoms with van der Waals surface area (Å²) in [6, 6.07) is 15.6. The molecule has 1 N–H and O–H groups in total. The SMILES string of the molecule is COCc1cccc(C(=O)NC(c2ccc(OC)cc2)C2CC2)c1. The summed E-state index contributed by atoms with van der Waals surface area (Å²) in [5.74, 6) is 1.30. The third-order valence-corrected chi connectivity index (χ3v) is 4.36. The highest BCUT2D eigenvalue weighted by molar-refractivity contribution is 5.94. The Bertz CT molecular complexity index is 692. The number of methoxy groups -OCH3 is 2. The first-order valence-corrected chi connectivity index (χ1v) is 8.24. The molecule has 0 radical (unpaired) electrons. The van der Waals surface area contributed by atoms with Gasteiger partial charge in [0, 0.05) is 12.7 Å². The number of nitrogens with one attached hydrogen (secondary N) is 1. The Morgan fingerprint density at radius 1 is 1.17 bits per heavy atom. The van der Waals surface area contributed by atoms with Crippen molar-refractivity contribution in [2.24, 2.45) is 5.92 Å². The number of hydrogen-bond acceptors (Lipinski definition) is 3. The Kier molecular flexibility index (Phi) is 5.16. The number of amides is 1. The molecule has 0 spiro atoms. The van der Waals surface area contributed by atoms with Gasteiger partial charge in [0.05, 0.1) is 19.8 Å². The van der Waals surface area contributed by atoms with Crippen LogP contribution in [0.2, 0.25) is 0 Å². The highest BCUT2D eigenvalue weighted by Gasteiger charge is 2.33. The first-order valence-electron chi connectivity index (χ1n) is 8.24. The average Bonchev–Trinajstić information content (AvgIpc) is 3.45. The minimum absolute atomic E-state index is 0.0410. The first-order chi connectivity index (χ1) is 11.7. The van der Waals surface area contributed by atoms with Crippen molar-refractivity contribution in [2.45, 2.75) is 25.5 Å². The van der Waals surface area contributed by atoms with Gasteiger partial charge in [0.2, 0.25) is 0 Å². The van der Waals surface area contributed by atoms with Crippen molar-refractivity contribution in [1.82, 2.24) is 5.32 Å². The summed E-state index contributed by atoms with van der Waals surface area (Å²) < 4.78 is 10.4. The van der Waals surface area contributed by atoms with E-state index in [0.29, 0.717) is 18.1 Å². The quantitative estimate of drug-likeness (QED) is 0.844. The van der Waals surface area contributed by atoms with Gasteiger partial charge in [-0.1, -0.05) is 24.3 Å². The van der Waals surface area contributed by atoms with Gasteiger partial charge in [-0.15, -0.1) is 0 Å². The summed E-state index contributed by atoms with van der Waals surface area (Å²) in [7, 11) is 3.31. The zero-order chi connectivity index (χ0) is 16.9. The topological polar surface area (TPSA) is 47.6 Å². The van der Waals surface area contributed by atoms with E-state index in [9.17, 15) is 4.79 Å². The fourth-order valence-electron chi connectivity index (χ4n) is 2.91. The number of carbonyl (C=O) groups is 1. The van der Waals surface area contributed by atoms with Gasteiger partial charge in [-0.3, -0.25) is 4.79 Å². The highest BCUT2D eigenvalue weighted by atomic mass is 16.5. The van der Waals surface area contributed by atoms with Crippen LogP contribution in [0.15, 0.2) is 48.5 Å². The van der Waals surface area contributed by atoms with Crippen molar-refractivity contribution in [3.8, 4) is 5.75 Å². The molecule has 24 heavy (non-hydrogen) atoms. The molecule has 3 rings (SSSR count). The van der Waals surface area contributed by atoms with Gasteiger partial charge < -0.3 is 14.8 Å². The molecule has 1 saturated carbocycles. The van der Waals surface area contributed by atoms with E-state index in [4.69, 9.17) is 9.47 Å². The molecule has 0 bridgehead atoms. The molecule has 0 saturated heterocycles. The zero-order valence-corrected chi connectivity index (χ0v) is 14.1. The summed E-state index contributed by atoms with van der Waals surface area (Å²) in [6.07, 6.45) is 2.31. The van der Waals surface area contributed by atoms with Crippen molar-refractivity contribution in [2.75, 3.05) is 14.2 Å². The van der Waals surface area contributed by atoms with Gasteiger partial charge in [-0.2, -0.15) is 0 Å². The second-order valence-corrected chi connectivity index (χ2v) is 6.20. The van der Waals surface area contributed by atoms with Crippen molar-refractivity contribution in [1.29, 1.82) is 0 Å². The Balaban J connectivity index is 1.75. The van der Waals surface area contributed by atoms with Crippen molar-refractivity contribution in [3.63, 3.8) is 0 Å². The summed E-state index contributed by atoms with van der Waals surface area (Å²) in [5.41, 5.74) is 2.79. The van der Waals surface area contributed by atoms with E-state index in [1.165, 1.54) is 0 Å². The smallest absolute Gasteiger partial charge is 0.251 e. The molecule has 1 aliphatic carbocycles. The Morgan fingerprint density at radius 2 is 1.92 bits per heavy atom. The van der Waals surface area contributed by atoms with Crippen LogP contribution in [0.25, 0.3) is 0 Å². The molecule has 0 aliphatic heterocycles. The summed E-state index contributed by atoms with van der Waals surface area (Å²) in [6.45, 7) is 0.506. The van der Waals surface area contributed by atoms with Crippen LogP contribution < -0.4 is 10.1 Å². The fourth-order valence-corrected chi connectivity index (χ4v) is 2.91. The van der Waals surface area contributed by atoms with E-state index in [0.717, 1.165) is 29.7 Å². The van der Waals surface area contributed by atoms with E-state index < -0.39 is 0 Å². The van der Waals surface area contributed by atoms with Crippen LogP contribution in [-0.4, -0.2) is 20.1 Å². The standard InChI is InChI=1S/C20H23NO3/c1-23-13-14-4-3-5-17(12-14)20(22)21-19(15-6-7-15)16-8-10-18(24-2)11-9-16/h3-5,8-12,15,19H,6-7,13H2,1-2H3,(H,21,22). The van der Waals surface area contributed by atoms with Gasteiger partial charge in [0.15, 0.2) is 0 Å². The van der Waals surface area contributed by atoms with Gasteiger partial charge in [-0.05, 0) is 54.2 Å². The second-order valence-electron chi connectivity index (χ2n) is 6.20. The van der Waals surface area contributed by atoms with E-state index in [1.54, 1.807) is 14.2 Å². The van der Waals surface area contributed by atoms with Crippen LogP contribution in [0.4, 0.5) is 0 Å². The molecule has 1 fully saturated rings. The molecule has 1 unspecified atom stereocenters. The van der Waals surface area contributed by atoms with Crippen molar-refractivity contribution >= 4 is 5.91 Å². The van der Waals surface area contributed by atoms with E-state index in [1.807, 2.05) is 48.5 Å². The Hall–Kier alpha value is -2.33. The molecule has 4 heteroatoms. The van der Waals surface area contributed by atoms with Crippen molar-refractivity contribution < 1.29 is 14.3 Å². The lowest BCUT2D eigenvalue weighted by molar-refractivity contribution is 0.0931. The Labute approximate surface area is 142 Å². The third kappa shape index (κ3) is 3.95. The Morgan fingerprint density at radius 3 is 2.54 bits per heavy atom. The maximum atomic E-state index is 12.7. The van der Waals surface area contributed by atoms with E-state index in [2.05, 4.69) is 5.32 Å². The minimum atomic E-state index is -0.0410. The molecule has 1 aliphatic rings. The predicted molar refractivity (Wildman–Crippen MR) is 93.1 cm³/mol. The monoisotopic (exact) mass is 325 g/mol. The molecule has 2 aromatic carbocycles. The summed E-state index contributed by atoms with van der Waals surface area (Å²) in [4.78, 5) is 12.7. The van der Waals surface area contributed by atoms with Gasteiger partial charge >= 0.3 is 0 Å². The number of ether oxygens (including phenoxy) is 2. The lowest BCUT2D eigenvalue weighted by atomic mass is 10.0. The van der Waals surface area contributed by atoms with Crippen LogP contribution in [0, 0.1) is 5.92 Å². The van der Waals surface area contributed by atoms with Gasteiger partial charge in [-0.25, -0.2) is 0 Å². The highest BCUT2D eigenvalue weighted by Crippen LogP contribution is 2.41. The van der Waals surface area contributed by atoms with Crippen LogP contribution in [0.3, 0.4) is 0 Å². The number of hydrogen-bond donors (Lipinski definition) is 1. The summed E-state index contributed by atoms with van der Waals surface area (Å²) in [5, 5.41) is 3.20. The lowest BCUT2D eigenvalue weighted by Crippen LogP contribution is -2.30. The maximum Gasteiger partial charge on any atom is 0.251 e. The lowest BCUT2D eigenvalue weighted by Gasteiger charge is -2.19. The third-order valence-electron chi connectivity index (χ3n) is 4.36. The van der Waals surface area contributed by atoms with E-state index >= 15 is 0 Å². The second kappa shape index (κ2) is 7.49. The summed E-state index contributed by atoms with van der Waals surface area (Å²) >= 11 is 0. The van der Waals surface area contributed by atoms with Crippen LogP contribution in [0.1, 0.15) is 40.4 Å². The molecular weight excluding hydrogens is 302 g/mol. The van der Waals surface area contributed by atoms with Crippen LogP contribution in [0.5, 0.6) is 5.75 Å². The number of carbonyl (C=O) groups excluding carboxylic acids is 1. The number of benzene rings is 2. The molecule has 1 amide bonds.